The van der Waals surface area contributed by atoms with E-state index in [1.165, 1.54) is 25.9 Å². The van der Waals surface area contributed by atoms with E-state index in [0.717, 1.165) is 32.4 Å². The average molecular weight is 247 g/mol. The van der Waals surface area contributed by atoms with Gasteiger partial charge >= 0.3 is 0 Å². The molecule has 2 fully saturated rings. The average Bonchev–Trinajstić information content (AvgIpc) is 3.00. The minimum absolute atomic E-state index is 0.117. The predicted molar refractivity (Wildman–Crippen MR) is 67.8 cm³/mol. The maximum absolute atomic E-state index is 11.4. The number of carbonyl (C=O) groups is 1. The third kappa shape index (κ3) is 4.71. The van der Waals surface area contributed by atoms with E-state index in [1.54, 1.807) is 0 Å². The van der Waals surface area contributed by atoms with Gasteiger partial charge in [-0.2, -0.15) is 0 Å². The molecule has 2 aliphatic rings. The second kappa shape index (κ2) is 7.91. The van der Waals surface area contributed by atoms with Crippen molar-refractivity contribution in [2.45, 2.75) is 44.4 Å². The molecule has 1 amide bonds. The number of hydrogen-bond acceptors (Lipinski definition) is 2. The van der Waals surface area contributed by atoms with Gasteiger partial charge in [-0.25, -0.2) is 0 Å². The zero-order valence-electron chi connectivity index (χ0n) is 10.2. The van der Waals surface area contributed by atoms with Gasteiger partial charge in [0, 0.05) is 13.1 Å². The number of carbonyl (C=O) groups excluding carboxylic acids is 1. The lowest BCUT2D eigenvalue weighted by Crippen LogP contribution is -2.34. The molecule has 0 spiro atoms. The predicted octanol–water partition coefficient (Wildman–Crippen LogP) is 2.00. The summed E-state index contributed by atoms with van der Waals surface area (Å²) in [6, 6.07) is 0. The van der Waals surface area contributed by atoms with Gasteiger partial charge in [-0.15, -0.1) is 11.6 Å². The number of nitrogens with zero attached hydrogens (tertiary/aromatic N) is 1. The molecule has 2 rings (SSSR count). The number of rotatable bonds is 2. The number of amides is 1. The SMILES string of the molecule is C1CCNC1.CCC(Cl)C(=O)N1CCCC1. The monoisotopic (exact) mass is 246 g/mol. The molecule has 1 N–H and O–H groups in total. The summed E-state index contributed by atoms with van der Waals surface area (Å²) in [5, 5.41) is 2.92. The number of hydrogen-bond donors (Lipinski definition) is 1. The topological polar surface area (TPSA) is 32.3 Å². The van der Waals surface area contributed by atoms with E-state index >= 15 is 0 Å². The Morgan fingerprint density at radius 3 is 2.19 bits per heavy atom. The maximum atomic E-state index is 11.4. The van der Waals surface area contributed by atoms with E-state index in [-0.39, 0.29) is 11.3 Å². The first-order chi connectivity index (χ1) is 7.75. The summed E-state index contributed by atoms with van der Waals surface area (Å²) in [6.07, 6.45) is 5.79. The van der Waals surface area contributed by atoms with Gasteiger partial charge in [-0.05, 0) is 45.2 Å². The second-order valence-corrected chi connectivity index (χ2v) is 4.89. The number of alkyl halides is 1. The summed E-state index contributed by atoms with van der Waals surface area (Å²) in [4.78, 5) is 13.2. The highest BCUT2D eigenvalue weighted by Gasteiger charge is 2.22. The molecule has 1 unspecified atom stereocenters. The quantitative estimate of drug-likeness (QED) is 0.756. The van der Waals surface area contributed by atoms with Crippen LogP contribution in [0.4, 0.5) is 0 Å². The molecule has 94 valence electrons. The Morgan fingerprint density at radius 1 is 1.25 bits per heavy atom. The van der Waals surface area contributed by atoms with E-state index in [1.807, 2.05) is 11.8 Å². The van der Waals surface area contributed by atoms with Crippen LogP contribution in [0.5, 0.6) is 0 Å². The van der Waals surface area contributed by atoms with Crippen molar-refractivity contribution in [1.82, 2.24) is 10.2 Å². The van der Waals surface area contributed by atoms with Crippen LogP contribution >= 0.6 is 11.6 Å². The zero-order valence-corrected chi connectivity index (χ0v) is 10.9. The van der Waals surface area contributed by atoms with Crippen molar-refractivity contribution in [3.8, 4) is 0 Å². The molecule has 2 aliphatic heterocycles. The second-order valence-electron chi connectivity index (χ2n) is 4.37. The molecule has 0 aromatic heterocycles. The van der Waals surface area contributed by atoms with Crippen molar-refractivity contribution in [1.29, 1.82) is 0 Å². The first-order valence-corrected chi connectivity index (χ1v) is 6.83. The highest BCUT2D eigenvalue weighted by Crippen LogP contribution is 2.13. The third-order valence-corrected chi connectivity index (χ3v) is 3.50. The molecule has 0 aliphatic carbocycles. The van der Waals surface area contributed by atoms with Gasteiger partial charge in [-0.1, -0.05) is 6.92 Å². The molecule has 0 aromatic carbocycles. The first-order valence-electron chi connectivity index (χ1n) is 6.39. The summed E-state index contributed by atoms with van der Waals surface area (Å²) >= 11 is 5.80. The molecule has 0 saturated carbocycles. The Kier molecular flexibility index (Phi) is 6.81. The summed E-state index contributed by atoms with van der Waals surface area (Å²) in [5.74, 6) is 0.117. The summed E-state index contributed by atoms with van der Waals surface area (Å²) in [6.45, 7) is 6.25. The number of nitrogens with one attached hydrogen (secondary N) is 1. The van der Waals surface area contributed by atoms with Crippen LogP contribution in [0.3, 0.4) is 0 Å². The molecule has 0 aromatic rings. The minimum Gasteiger partial charge on any atom is -0.341 e. The van der Waals surface area contributed by atoms with E-state index in [0.29, 0.717) is 0 Å². The fourth-order valence-electron chi connectivity index (χ4n) is 1.94. The van der Waals surface area contributed by atoms with Crippen LogP contribution in [-0.2, 0) is 4.79 Å². The lowest BCUT2D eigenvalue weighted by Gasteiger charge is -2.17. The molecule has 0 radical (unpaired) electrons. The molecular weight excluding hydrogens is 224 g/mol. The van der Waals surface area contributed by atoms with Crippen molar-refractivity contribution in [2.24, 2.45) is 0 Å². The van der Waals surface area contributed by atoms with Crippen molar-refractivity contribution in [2.75, 3.05) is 26.2 Å². The zero-order chi connectivity index (χ0) is 11.8. The van der Waals surface area contributed by atoms with Crippen LogP contribution in [0.15, 0.2) is 0 Å². The van der Waals surface area contributed by atoms with E-state index < -0.39 is 0 Å². The van der Waals surface area contributed by atoms with Crippen molar-refractivity contribution in [3.63, 3.8) is 0 Å². The molecule has 3 nitrogen and oxygen atoms in total. The van der Waals surface area contributed by atoms with Gasteiger partial charge in [0.15, 0.2) is 0 Å². The van der Waals surface area contributed by atoms with E-state index in [2.05, 4.69) is 5.32 Å². The molecule has 1 atom stereocenters. The third-order valence-electron chi connectivity index (χ3n) is 3.00. The lowest BCUT2D eigenvalue weighted by atomic mass is 10.3. The van der Waals surface area contributed by atoms with Crippen LogP contribution < -0.4 is 5.32 Å². The normalized spacial score (nSPS) is 21.5. The van der Waals surface area contributed by atoms with Gasteiger partial charge in [0.1, 0.15) is 5.38 Å². The highest BCUT2D eigenvalue weighted by molar-refractivity contribution is 6.30. The lowest BCUT2D eigenvalue weighted by molar-refractivity contribution is -0.129. The van der Waals surface area contributed by atoms with Gasteiger partial charge < -0.3 is 10.2 Å². The van der Waals surface area contributed by atoms with Gasteiger partial charge in [-0.3, -0.25) is 4.79 Å². The van der Waals surface area contributed by atoms with Crippen LogP contribution in [0, 0.1) is 0 Å². The molecule has 2 saturated heterocycles. The van der Waals surface area contributed by atoms with E-state index in [4.69, 9.17) is 11.6 Å². The Bertz CT molecular complexity index is 194. The van der Waals surface area contributed by atoms with Crippen molar-refractivity contribution in [3.05, 3.63) is 0 Å². The minimum atomic E-state index is -0.298. The van der Waals surface area contributed by atoms with Crippen LogP contribution in [0.25, 0.3) is 0 Å². The largest absolute Gasteiger partial charge is 0.341 e. The van der Waals surface area contributed by atoms with Crippen molar-refractivity contribution < 1.29 is 4.79 Å². The summed E-state index contributed by atoms with van der Waals surface area (Å²) in [5.41, 5.74) is 0. The smallest absolute Gasteiger partial charge is 0.240 e. The van der Waals surface area contributed by atoms with Crippen LogP contribution in [-0.4, -0.2) is 42.4 Å². The molecular formula is C12H23ClN2O. The summed E-state index contributed by atoms with van der Waals surface area (Å²) < 4.78 is 0. The fraction of sp³-hybridized carbons (Fsp3) is 0.917. The number of likely N-dealkylation sites (tertiary alicyclic amines) is 1. The molecule has 0 bridgehead atoms. The van der Waals surface area contributed by atoms with E-state index in [9.17, 15) is 4.79 Å². The van der Waals surface area contributed by atoms with Gasteiger partial charge in [0.2, 0.25) is 5.91 Å². The molecule has 2 heterocycles. The van der Waals surface area contributed by atoms with Crippen molar-refractivity contribution >= 4 is 17.5 Å². The van der Waals surface area contributed by atoms with Gasteiger partial charge in [0.25, 0.3) is 0 Å². The van der Waals surface area contributed by atoms with Gasteiger partial charge in [0.05, 0.1) is 0 Å². The Morgan fingerprint density at radius 2 is 1.81 bits per heavy atom. The van der Waals surface area contributed by atoms with Crippen LogP contribution in [0.2, 0.25) is 0 Å². The number of halogens is 1. The Hall–Kier alpha value is -0.280. The molecule has 4 heteroatoms. The Labute approximate surface area is 104 Å². The molecule has 16 heavy (non-hydrogen) atoms. The summed E-state index contributed by atoms with van der Waals surface area (Å²) in [7, 11) is 0. The maximum Gasteiger partial charge on any atom is 0.240 e. The Balaban J connectivity index is 0.000000212. The standard InChI is InChI=1S/C8H14ClNO.C4H9N/c1-2-7(9)8(11)10-5-3-4-6-10;1-2-4-5-3-1/h7H,2-6H2,1H3;5H,1-4H2. The highest BCUT2D eigenvalue weighted by atomic mass is 35.5. The fourth-order valence-corrected chi connectivity index (χ4v) is 2.07. The first kappa shape index (κ1) is 13.8. The van der Waals surface area contributed by atoms with Crippen LogP contribution in [0.1, 0.15) is 39.0 Å².